The van der Waals surface area contributed by atoms with Crippen molar-refractivity contribution in [3.63, 3.8) is 0 Å². The summed E-state index contributed by atoms with van der Waals surface area (Å²) in [5, 5.41) is 28.5. The third kappa shape index (κ3) is 2.11. The lowest BCUT2D eigenvalue weighted by Gasteiger charge is -2.17. The number of nitrogens with zero attached hydrogens (tertiary/aromatic N) is 4. The monoisotopic (exact) mass is 255 g/mol. The van der Waals surface area contributed by atoms with Gasteiger partial charge in [0.05, 0.1) is 0 Å². The quantitative estimate of drug-likeness (QED) is 0.276. The molecule has 18 heavy (non-hydrogen) atoms. The summed E-state index contributed by atoms with van der Waals surface area (Å²) in [4.78, 5) is 21.5. The summed E-state index contributed by atoms with van der Waals surface area (Å²) in [5.41, 5.74) is 0. The Kier molecular flexibility index (Phi) is 3.40. The summed E-state index contributed by atoms with van der Waals surface area (Å²) in [6.45, 7) is 0. The Labute approximate surface area is 102 Å². The number of anilines is 1. The van der Waals surface area contributed by atoms with Crippen LogP contribution in [-0.2, 0) is 4.79 Å². The number of hydrogen-bond acceptors (Lipinski definition) is 5. The summed E-state index contributed by atoms with van der Waals surface area (Å²) in [5.74, 6) is -1.05. The molecule has 1 saturated carbocycles. The van der Waals surface area contributed by atoms with Crippen LogP contribution in [0, 0.1) is 15.3 Å². The van der Waals surface area contributed by atoms with Gasteiger partial charge in [-0.25, -0.2) is 0 Å². The third-order valence-corrected chi connectivity index (χ3v) is 3.05. The molecule has 0 aliphatic heterocycles. The topological polar surface area (TPSA) is 117 Å². The largest absolute Gasteiger partial charge is 0.655 e. The van der Waals surface area contributed by atoms with Crippen molar-refractivity contribution < 1.29 is 14.6 Å². The molecule has 1 fully saturated rings. The number of nitro groups is 1. The van der Waals surface area contributed by atoms with Crippen LogP contribution in [-0.4, -0.2) is 21.2 Å². The molecule has 1 heterocycles. The fraction of sp³-hybridized carbons (Fsp3) is 0.667. The fourth-order valence-electron chi connectivity index (χ4n) is 2.22. The van der Waals surface area contributed by atoms with Crippen LogP contribution >= 0.6 is 0 Å². The van der Waals surface area contributed by atoms with Crippen LogP contribution in [0.25, 0.3) is 0 Å². The number of carbonyl (C=O) groups is 1. The Bertz CT molecular complexity index is 466. The summed E-state index contributed by atoms with van der Waals surface area (Å²) < 4.78 is 0. The maximum atomic E-state index is 11.8. The Morgan fingerprint density at radius 2 is 2.11 bits per heavy atom. The number of rotatable bonds is 4. The molecule has 1 amide bonds. The zero-order valence-electron chi connectivity index (χ0n) is 9.61. The van der Waals surface area contributed by atoms with Crippen LogP contribution in [0.5, 0.6) is 0 Å². The van der Waals surface area contributed by atoms with Crippen molar-refractivity contribution in [2.24, 2.45) is 0 Å². The maximum absolute atomic E-state index is 11.8. The molecule has 2 rings (SSSR count). The molecule has 1 aliphatic carbocycles. The molecule has 98 valence electrons. The van der Waals surface area contributed by atoms with Crippen molar-refractivity contribution in [2.45, 2.75) is 38.1 Å². The second-order valence-electron chi connectivity index (χ2n) is 4.18. The summed E-state index contributed by atoms with van der Waals surface area (Å²) >= 11 is 0. The number of nitrogens with one attached hydrogen (secondary N) is 1. The van der Waals surface area contributed by atoms with Gasteiger partial charge in [-0.2, -0.15) is 0 Å². The van der Waals surface area contributed by atoms with Crippen molar-refractivity contribution in [3.05, 3.63) is 15.3 Å². The first kappa shape index (κ1) is 12.3. The molecule has 1 N–H and O–H groups in total. The van der Waals surface area contributed by atoms with Crippen molar-refractivity contribution in [2.75, 3.05) is 5.32 Å². The van der Waals surface area contributed by atoms with Crippen molar-refractivity contribution in [1.82, 2.24) is 9.90 Å². The normalized spacial score (nSPS) is 16.4. The molecule has 0 aromatic carbocycles. The number of aromatic nitrogens is 3. The molecule has 0 spiro atoms. The van der Waals surface area contributed by atoms with Gasteiger partial charge in [0.1, 0.15) is 11.1 Å². The van der Waals surface area contributed by atoms with E-state index < -0.39 is 10.7 Å². The van der Waals surface area contributed by atoms with Gasteiger partial charge in [0.15, 0.2) is 0 Å². The van der Waals surface area contributed by atoms with Gasteiger partial charge in [0.25, 0.3) is 0 Å². The number of amides is 1. The van der Waals surface area contributed by atoms with Gasteiger partial charge in [-0.3, -0.25) is 10.1 Å². The highest BCUT2D eigenvalue weighted by atomic mass is 16.6. The van der Waals surface area contributed by atoms with E-state index in [1.54, 1.807) is 0 Å². The average Bonchev–Trinajstić information content (AvgIpc) is 2.68. The van der Waals surface area contributed by atoms with Gasteiger partial charge in [-0.05, 0) is 12.8 Å². The second-order valence-corrected chi connectivity index (χ2v) is 4.18. The maximum Gasteiger partial charge on any atom is 0.495 e. The Morgan fingerprint density at radius 1 is 1.44 bits per heavy atom. The fourth-order valence-corrected chi connectivity index (χ4v) is 2.22. The van der Waals surface area contributed by atoms with E-state index in [2.05, 4.69) is 10.4 Å². The van der Waals surface area contributed by atoms with E-state index in [9.17, 15) is 20.1 Å². The third-order valence-electron chi connectivity index (χ3n) is 3.05. The van der Waals surface area contributed by atoms with Crippen molar-refractivity contribution in [1.29, 1.82) is 0 Å². The minimum atomic E-state index is -0.842. The molecule has 0 saturated heterocycles. The van der Waals surface area contributed by atoms with Gasteiger partial charge < -0.3 is 15.3 Å². The molecule has 1 aromatic heterocycles. The molecular weight excluding hydrogens is 242 g/mol. The van der Waals surface area contributed by atoms with E-state index in [0.29, 0.717) is 0 Å². The summed E-state index contributed by atoms with van der Waals surface area (Å²) in [6, 6.07) is -0.142. The lowest BCUT2D eigenvalue weighted by molar-refractivity contribution is -0.739. The van der Waals surface area contributed by atoms with E-state index >= 15 is 0 Å². The number of hydrogen-bond donors (Lipinski definition) is 1. The Hall–Kier alpha value is -2.19. The van der Waals surface area contributed by atoms with Gasteiger partial charge in [-0.15, -0.1) is 0 Å². The second kappa shape index (κ2) is 4.98. The zero-order chi connectivity index (χ0) is 13.1. The van der Waals surface area contributed by atoms with Crippen molar-refractivity contribution >= 4 is 18.0 Å². The standard InChI is InChI=1S/C9H13N5O4/c15-6-10-8-9(14(17)18)13(16)12(11-8)7-4-2-1-3-5-7/h6-7H,1-5H2,(H,10,11,15). The molecule has 0 atom stereocenters. The highest BCUT2D eigenvalue weighted by Crippen LogP contribution is 2.28. The zero-order valence-corrected chi connectivity index (χ0v) is 9.61. The van der Waals surface area contributed by atoms with Gasteiger partial charge in [-0.1, -0.05) is 24.1 Å². The molecule has 0 radical (unpaired) electrons. The first-order valence-electron chi connectivity index (χ1n) is 5.72. The van der Waals surface area contributed by atoms with E-state index in [-0.39, 0.29) is 23.1 Å². The first-order chi connectivity index (χ1) is 8.65. The van der Waals surface area contributed by atoms with Gasteiger partial charge >= 0.3 is 11.6 Å². The van der Waals surface area contributed by atoms with Crippen LogP contribution in [0.3, 0.4) is 0 Å². The van der Waals surface area contributed by atoms with Crippen LogP contribution in [0.15, 0.2) is 0 Å². The SMILES string of the molecule is O=CNc1nn(C2CCCCC2)[n+]([O-])c1[N+](=O)[O-]. The van der Waals surface area contributed by atoms with E-state index in [1.165, 1.54) is 0 Å². The average molecular weight is 255 g/mol. The molecule has 9 nitrogen and oxygen atoms in total. The van der Waals surface area contributed by atoms with Gasteiger partial charge in [0, 0.05) is 9.72 Å². The van der Waals surface area contributed by atoms with Crippen LogP contribution < -0.4 is 10.2 Å². The predicted octanol–water partition coefficient (Wildman–Crippen LogP) is 0.498. The first-order valence-corrected chi connectivity index (χ1v) is 5.72. The Morgan fingerprint density at radius 3 is 2.67 bits per heavy atom. The molecule has 0 bridgehead atoms. The van der Waals surface area contributed by atoms with E-state index in [1.807, 2.05) is 0 Å². The van der Waals surface area contributed by atoms with Crippen LogP contribution in [0.4, 0.5) is 11.6 Å². The summed E-state index contributed by atoms with van der Waals surface area (Å²) in [7, 11) is 0. The van der Waals surface area contributed by atoms with Crippen LogP contribution in [0.2, 0.25) is 0 Å². The highest BCUT2D eigenvalue weighted by Gasteiger charge is 2.37. The summed E-state index contributed by atoms with van der Waals surface area (Å²) in [6.07, 6.45) is 4.82. The Balaban J connectivity index is 2.38. The number of carbonyl (C=O) groups excluding carboxylic acids is 1. The molecule has 1 aromatic rings. The van der Waals surface area contributed by atoms with Gasteiger partial charge in [0.2, 0.25) is 6.41 Å². The van der Waals surface area contributed by atoms with E-state index in [0.717, 1.165) is 36.9 Å². The lowest BCUT2D eigenvalue weighted by atomic mass is 9.96. The minimum Gasteiger partial charge on any atom is -0.655 e. The molecule has 9 heteroatoms. The smallest absolute Gasteiger partial charge is 0.495 e. The molecule has 0 unspecified atom stereocenters. The predicted molar refractivity (Wildman–Crippen MR) is 59.7 cm³/mol. The van der Waals surface area contributed by atoms with E-state index in [4.69, 9.17) is 0 Å². The minimum absolute atomic E-state index is 0.142. The van der Waals surface area contributed by atoms with Crippen LogP contribution in [0.1, 0.15) is 38.1 Å². The highest BCUT2D eigenvalue weighted by molar-refractivity contribution is 5.71. The lowest BCUT2D eigenvalue weighted by Crippen LogP contribution is -2.42. The van der Waals surface area contributed by atoms with Crippen molar-refractivity contribution in [3.8, 4) is 0 Å². The molecule has 1 aliphatic rings. The molecular formula is C9H13N5O4.